The Kier molecular flexibility index (Phi) is 8.75. The van der Waals surface area contributed by atoms with E-state index in [2.05, 4.69) is 5.32 Å². The van der Waals surface area contributed by atoms with E-state index < -0.39 is 11.7 Å². The first-order valence-electron chi connectivity index (χ1n) is 13.1. The van der Waals surface area contributed by atoms with Gasteiger partial charge >= 0.3 is 0 Å². The molecule has 198 valence electrons. The van der Waals surface area contributed by atoms with Crippen LogP contribution in [0.15, 0.2) is 103 Å². The van der Waals surface area contributed by atoms with Crippen LogP contribution in [0.1, 0.15) is 42.7 Å². The molecule has 0 unspecified atom stereocenters. The lowest BCUT2D eigenvalue weighted by Crippen LogP contribution is -2.44. The van der Waals surface area contributed by atoms with Crippen molar-refractivity contribution in [3.8, 4) is 17.2 Å². The number of pyridine rings is 1. The smallest absolute Gasteiger partial charge is 0.250 e. The molecular formula is C33H33N3O3. The van der Waals surface area contributed by atoms with Crippen molar-refractivity contribution in [1.29, 1.82) is 5.26 Å². The molecule has 0 spiro atoms. The zero-order valence-electron chi connectivity index (χ0n) is 22.5. The Morgan fingerprint density at radius 2 is 1.44 bits per heavy atom. The number of hydrogen-bond acceptors (Lipinski definition) is 4. The average Bonchev–Trinajstić information content (AvgIpc) is 2.96. The number of benzene rings is 3. The third kappa shape index (κ3) is 6.17. The van der Waals surface area contributed by atoms with Crippen LogP contribution in [0.4, 0.5) is 0 Å². The summed E-state index contributed by atoms with van der Waals surface area (Å²) in [6, 6.07) is 33.3. The monoisotopic (exact) mass is 519 g/mol. The second kappa shape index (κ2) is 12.4. The van der Waals surface area contributed by atoms with Gasteiger partial charge in [-0.2, -0.15) is 9.99 Å². The molecule has 0 saturated carbocycles. The van der Waals surface area contributed by atoms with Gasteiger partial charge in [-0.05, 0) is 40.7 Å². The molecular weight excluding hydrogens is 486 g/mol. The SMILES string of the molecule is Cc1ccc(-c2ccc(C(O[C@@H](CC(C)C)C(=O)NCC#N)(c3ccccc3)c3ccccc3)cc2)c[n+]1[O-]. The molecule has 1 N–H and O–H groups in total. The number of hydrogen-bond donors (Lipinski definition) is 1. The van der Waals surface area contributed by atoms with Crippen LogP contribution in [0.2, 0.25) is 0 Å². The molecule has 4 rings (SSSR count). The molecule has 0 saturated heterocycles. The molecule has 1 atom stereocenters. The number of nitrogens with zero attached hydrogens (tertiary/aromatic N) is 2. The molecule has 6 nitrogen and oxygen atoms in total. The number of rotatable bonds is 10. The maximum Gasteiger partial charge on any atom is 0.250 e. The Morgan fingerprint density at radius 3 is 1.95 bits per heavy atom. The molecule has 4 aromatic rings. The molecule has 1 heterocycles. The molecule has 39 heavy (non-hydrogen) atoms. The van der Waals surface area contributed by atoms with Crippen LogP contribution in [-0.4, -0.2) is 18.6 Å². The summed E-state index contributed by atoms with van der Waals surface area (Å²) in [6.45, 7) is 5.76. The Bertz CT molecular complexity index is 1390. The first-order chi connectivity index (χ1) is 18.8. The van der Waals surface area contributed by atoms with Crippen molar-refractivity contribution in [3.05, 3.63) is 131 Å². The van der Waals surface area contributed by atoms with Crippen LogP contribution in [0.25, 0.3) is 11.1 Å². The standard InChI is InChI=1S/C33H33N3O3/c1-24(2)22-31(32(37)35-21-20-34)39-33(28-10-6-4-7-11-28,29-12-8-5-9-13-29)30-18-16-26(17-19-30)27-15-14-25(3)36(38)23-27/h4-19,23-24,31H,21-22H2,1-3H3,(H,35,37)/t31-/m0/s1. The summed E-state index contributed by atoms with van der Waals surface area (Å²) in [5, 5.41) is 24.0. The molecule has 1 aromatic heterocycles. The van der Waals surface area contributed by atoms with E-state index >= 15 is 0 Å². The predicted molar refractivity (Wildman–Crippen MR) is 151 cm³/mol. The number of aromatic nitrogens is 1. The van der Waals surface area contributed by atoms with Gasteiger partial charge in [-0.3, -0.25) is 4.79 Å². The minimum absolute atomic E-state index is 0.0918. The maximum absolute atomic E-state index is 13.3. The summed E-state index contributed by atoms with van der Waals surface area (Å²) >= 11 is 0. The summed E-state index contributed by atoms with van der Waals surface area (Å²) in [5.74, 6) is -0.146. The number of nitriles is 1. The van der Waals surface area contributed by atoms with Crippen molar-refractivity contribution in [2.24, 2.45) is 5.92 Å². The lowest BCUT2D eigenvalue weighted by atomic mass is 9.79. The van der Waals surface area contributed by atoms with Crippen molar-refractivity contribution in [1.82, 2.24) is 5.32 Å². The van der Waals surface area contributed by atoms with Crippen molar-refractivity contribution < 1.29 is 14.3 Å². The largest absolute Gasteiger partial charge is 0.618 e. The van der Waals surface area contributed by atoms with Crippen LogP contribution in [-0.2, 0) is 15.1 Å². The summed E-state index contributed by atoms with van der Waals surface area (Å²) in [4.78, 5) is 13.3. The van der Waals surface area contributed by atoms with Crippen LogP contribution >= 0.6 is 0 Å². The fourth-order valence-electron chi connectivity index (χ4n) is 4.76. The first kappa shape index (κ1) is 27.6. The molecule has 0 aliphatic carbocycles. The Morgan fingerprint density at radius 1 is 0.897 bits per heavy atom. The van der Waals surface area contributed by atoms with Crippen LogP contribution < -0.4 is 10.0 Å². The zero-order valence-corrected chi connectivity index (χ0v) is 22.5. The highest BCUT2D eigenvalue weighted by molar-refractivity contribution is 5.81. The summed E-state index contributed by atoms with van der Waals surface area (Å²) < 4.78 is 7.83. The van der Waals surface area contributed by atoms with Crippen LogP contribution in [0.5, 0.6) is 0 Å². The number of carbonyl (C=O) groups is 1. The number of ether oxygens (including phenoxy) is 1. The van der Waals surface area contributed by atoms with E-state index in [4.69, 9.17) is 10.00 Å². The van der Waals surface area contributed by atoms with E-state index in [0.717, 1.165) is 32.5 Å². The fraction of sp³-hybridized carbons (Fsp3) is 0.242. The summed E-state index contributed by atoms with van der Waals surface area (Å²) in [7, 11) is 0. The van der Waals surface area contributed by atoms with E-state index in [1.807, 2.05) is 111 Å². The zero-order chi connectivity index (χ0) is 27.8. The number of nitrogens with one attached hydrogen (secondary N) is 1. The van der Waals surface area contributed by atoms with Gasteiger partial charge in [0.15, 0.2) is 11.9 Å². The van der Waals surface area contributed by atoms with E-state index in [9.17, 15) is 10.0 Å². The van der Waals surface area contributed by atoms with Crippen molar-refractivity contribution in [3.63, 3.8) is 0 Å². The Labute approximate surface area is 230 Å². The maximum atomic E-state index is 13.3. The highest BCUT2D eigenvalue weighted by Gasteiger charge is 2.41. The first-order valence-corrected chi connectivity index (χ1v) is 13.1. The van der Waals surface area contributed by atoms with Crippen molar-refractivity contribution in [2.45, 2.75) is 38.9 Å². The number of amides is 1. The van der Waals surface area contributed by atoms with E-state index in [1.54, 1.807) is 19.2 Å². The van der Waals surface area contributed by atoms with Gasteiger partial charge in [0, 0.05) is 18.6 Å². The highest BCUT2D eigenvalue weighted by Crippen LogP contribution is 2.42. The topological polar surface area (TPSA) is 89.1 Å². The minimum Gasteiger partial charge on any atom is -0.618 e. The van der Waals surface area contributed by atoms with Gasteiger partial charge in [-0.1, -0.05) is 98.8 Å². The molecule has 0 fully saturated rings. The van der Waals surface area contributed by atoms with Crippen LogP contribution in [0.3, 0.4) is 0 Å². The minimum atomic E-state index is -1.11. The van der Waals surface area contributed by atoms with E-state index in [-0.39, 0.29) is 18.4 Å². The van der Waals surface area contributed by atoms with Crippen molar-refractivity contribution in [2.75, 3.05) is 6.54 Å². The molecule has 6 heteroatoms. The summed E-state index contributed by atoms with van der Waals surface area (Å²) in [5.41, 5.74) is 3.80. The van der Waals surface area contributed by atoms with Gasteiger partial charge in [0.1, 0.15) is 18.2 Å². The molecule has 0 aliphatic heterocycles. The lowest BCUT2D eigenvalue weighted by molar-refractivity contribution is -0.611. The van der Waals surface area contributed by atoms with Gasteiger partial charge in [0.25, 0.3) is 0 Å². The second-order valence-electron chi connectivity index (χ2n) is 9.99. The Hall–Kier alpha value is -4.47. The van der Waals surface area contributed by atoms with Gasteiger partial charge < -0.3 is 15.3 Å². The average molecular weight is 520 g/mol. The van der Waals surface area contributed by atoms with Crippen molar-refractivity contribution >= 4 is 5.91 Å². The van der Waals surface area contributed by atoms with E-state index in [0.29, 0.717) is 12.1 Å². The van der Waals surface area contributed by atoms with Gasteiger partial charge in [-0.25, -0.2) is 0 Å². The lowest BCUT2D eigenvalue weighted by Gasteiger charge is -2.39. The summed E-state index contributed by atoms with van der Waals surface area (Å²) in [6.07, 6.45) is 1.24. The second-order valence-corrected chi connectivity index (χ2v) is 9.99. The predicted octanol–water partition coefficient (Wildman–Crippen LogP) is 5.66. The molecule has 0 bridgehead atoms. The van der Waals surface area contributed by atoms with E-state index in [1.165, 1.54) is 0 Å². The quantitative estimate of drug-likeness (QED) is 0.127. The molecule has 1 amide bonds. The molecule has 0 radical (unpaired) electrons. The fourth-order valence-corrected chi connectivity index (χ4v) is 4.76. The molecule has 3 aromatic carbocycles. The van der Waals surface area contributed by atoms with Gasteiger partial charge in [0.2, 0.25) is 5.91 Å². The highest BCUT2D eigenvalue weighted by atomic mass is 16.5. The molecule has 0 aliphatic rings. The van der Waals surface area contributed by atoms with Gasteiger partial charge in [0.05, 0.1) is 6.07 Å². The van der Waals surface area contributed by atoms with Crippen LogP contribution in [0, 0.1) is 29.4 Å². The normalized spacial score (nSPS) is 12.1. The third-order valence-electron chi connectivity index (χ3n) is 6.73. The Balaban J connectivity index is 1.90. The number of aryl methyl sites for hydroxylation is 1. The van der Waals surface area contributed by atoms with Gasteiger partial charge in [-0.15, -0.1) is 0 Å². The number of carbonyl (C=O) groups excluding carboxylic acids is 1. The third-order valence-corrected chi connectivity index (χ3v) is 6.73.